The fourth-order valence-electron chi connectivity index (χ4n) is 2.32. The van der Waals surface area contributed by atoms with Crippen LogP contribution in [0.1, 0.15) is 38.8 Å². The van der Waals surface area contributed by atoms with Gasteiger partial charge in [-0.15, -0.1) is 6.58 Å². The lowest BCUT2D eigenvalue weighted by atomic mass is 10.0. The van der Waals surface area contributed by atoms with Gasteiger partial charge >= 0.3 is 6.03 Å². The molecule has 1 rings (SSSR count). The molecule has 0 heterocycles. The summed E-state index contributed by atoms with van der Waals surface area (Å²) in [5.74, 6) is 0.433. The van der Waals surface area contributed by atoms with Gasteiger partial charge in [-0.2, -0.15) is 0 Å². The molecule has 0 saturated heterocycles. The molecule has 0 fully saturated rings. The van der Waals surface area contributed by atoms with Gasteiger partial charge in [-0.3, -0.25) is 0 Å². The van der Waals surface area contributed by atoms with Gasteiger partial charge in [0, 0.05) is 13.1 Å². The first-order valence-corrected chi connectivity index (χ1v) is 7.30. The number of hydrogen-bond acceptors (Lipinski definition) is 1. The Labute approximate surface area is 122 Å². The van der Waals surface area contributed by atoms with Gasteiger partial charge in [-0.05, 0) is 17.9 Å². The predicted octanol–water partition coefficient (Wildman–Crippen LogP) is 3.99. The Morgan fingerprint density at radius 1 is 1.35 bits per heavy atom. The van der Waals surface area contributed by atoms with E-state index < -0.39 is 0 Å². The maximum absolute atomic E-state index is 12.4. The van der Waals surface area contributed by atoms with Crippen molar-refractivity contribution < 1.29 is 4.79 Å². The smallest absolute Gasteiger partial charge is 0.318 e. The Balaban J connectivity index is 2.94. The summed E-state index contributed by atoms with van der Waals surface area (Å²) in [5, 5.41) is 2.89. The summed E-state index contributed by atoms with van der Waals surface area (Å²) in [6, 6.07) is 10.3. The van der Waals surface area contributed by atoms with Crippen LogP contribution in [0.25, 0.3) is 0 Å². The number of amides is 2. The number of urea groups is 1. The second kappa shape index (κ2) is 8.41. The Morgan fingerprint density at radius 3 is 2.50 bits per heavy atom. The van der Waals surface area contributed by atoms with Crippen molar-refractivity contribution in [3.8, 4) is 0 Å². The van der Waals surface area contributed by atoms with E-state index in [9.17, 15) is 4.79 Å². The van der Waals surface area contributed by atoms with Crippen molar-refractivity contribution in [2.24, 2.45) is 5.92 Å². The molecule has 0 spiro atoms. The summed E-state index contributed by atoms with van der Waals surface area (Å²) in [4.78, 5) is 14.3. The highest BCUT2D eigenvalue weighted by Crippen LogP contribution is 2.25. The van der Waals surface area contributed by atoms with Crippen LogP contribution in [0.5, 0.6) is 0 Å². The molecule has 1 aromatic carbocycles. The minimum absolute atomic E-state index is 0.0192. The van der Waals surface area contributed by atoms with Gasteiger partial charge < -0.3 is 10.2 Å². The summed E-state index contributed by atoms with van der Waals surface area (Å²) in [5.41, 5.74) is 1.18. The van der Waals surface area contributed by atoms with Gasteiger partial charge in [0.15, 0.2) is 0 Å². The van der Waals surface area contributed by atoms with E-state index in [1.54, 1.807) is 6.08 Å². The van der Waals surface area contributed by atoms with Crippen LogP contribution in [0.15, 0.2) is 43.0 Å². The SMILES string of the molecule is C=CCNC(=O)N(CC(C)C)C(CC)c1ccccc1. The molecule has 0 radical (unpaired) electrons. The highest BCUT2D eigenvalue weighted by molar-refractivity contribution is 5.75. The lowest BCUT2D eigenvalue weighted by Gasteiger charge is -2.33. The van der Waals surface area contributed by atoms with Gasteiger partial charge in [0.25, 0.3) is 0 Å². The first kappa shape index (κ1) is 16.3. The summed E-state index contributed by atoms with van der Waals surface area (Å²) >= 11 is 0. The molecule has 0 bridgehead atoms. The van der Waals surface area contributed by atoms with E-state index in [2.05, 4.69) is 44.8 Å². The number of benzene rings is 1. The molecule has 1 aromatic rings. The minimum Gasteiger partial charge on any atom is -0.335 e. The molecule has 3 heteroatoms. The van der Waals surface area contributed by atoms with E-state index in [0.29, 0.717) is 12.5 Å². The number of rotatable bonds is 7. The Hall–Kier alpha value is -1.77. The highest BCUT2D eigenvalue weighted by atomic mass is 16.2. The number of carbonyl (C=O) groups is 1. The summed E-state index contributed by atoms with van der Waals surface area (Å²) in [6.45, 7) is 11.3. The van der Waals surface area contributed by atoms with E-state index >= 15 is 0 Å². The number of nitrogens with one attached hydrogen (secondary N) is 1. The first-order valence-electron chi connectivity index (χ1n) is 7.30. The molecule has 2 amide bonds. The topological polar surface area (TPSA) is 32.3 Å². The lowest BCUT2D eigenvalue weighted by molar-refractivity contribution is 0.164. The molecule has 1 atom stereocenters. The molecule has 20 heavy (non-hydrogen) atoms. The van der Waals surface area contributed by atoms with E-state index in [0.717, 1.165) is 13.0 Å². The van der Waals surface area contributed by atoms with Crippen LogP contribution < -0.4 is 5.32 Å². The van der Waals surface area contributed by atoms with Crippen molar-refractivity contribution in [3.05, 3.63) is 48.6 Å². The normalized spacial score (nSPS) is 12.0. The Kier molecular flexibility index (Phi) is 6.85. The summed E-state index contributed by atoms with van der Waals surface area (Å²) < 4.78 is 0. The molecule has 1 N–H and O–H groups in total. The third-order valence-electron chi connectivity index (χ3n) is 3.17. The van der Waals surface area contributed by atoms with E-state index in [1.165, 1.54) is 5.56 Å². The Morgan fingerprint density at radius 2 is 2.00 bits per heavy atom. The van der Waals surface area contributed by atoms with Gasteiger partial charge in [0.2, 0.25) is 0 Å². The summed E-state index contributed by atoms with van der Waals surface area (Å²) in [7, 11) is 0. The van der Waals surface area contributed by atoms with Crippen molar-refractivity contribution in [2.75, 3.05) is 13.1 Å². The molecular weight excluding hydrogens is 248 g/mol. The van der Waals surface area contributed by atoms with Crippen LogP contribution in [0.4, 0.5) is 4.79 Å². The minimum atomic E-state index is -0.0192. The zero-order valence-corrected chi connectivity index (χ0v) is 12.8. The van der Waals surface area contributed by atoms with E-state index in [1.807, 2.05) is 23.1 Å². The van der Waals surface area contributed by atoms with Gasteiger partial charge in [0.1, 0.15) is 0 Å². The molecule has 0 aliphatic rings. The van der Waals surface area contributed by atoms with Crippen LogP contribution in [-0.2, 0) is 0 Å². The zero-order valence-electron chi connectivity index (χ0n) is 12.8. The highest BCUT2D eigenvalue weighted by Gasteiger charge is 2.23. The van der Waals surface area contributed by atoms with Crippen LogP contribution in [0.2, 0.25) is 0 Å². The molecule has 110 valence electrons. The standard InChI is InChI=1S/C17H26N2O/c1-5-12-18-17(20)19(13-14(3)4)16(6-2)15-10-8-7-9-11-15/h5,7-11,14,16H,1,6,12-13H2,2-4H3,(H,18,20). The van der Waals surface area contributed by atoms with Gasteiger partial charge in [-0.1, -0.05) is 57.2 Å². The average Bonchev–Trinajstić information content (AvgIpc) is 2.45. The van der Waals surface area contributed by atoms with Crippen LogP contribution in [0.3, 0.4) is 0 Å². The fraction of sp³-hybridized carbons (Fsp3) is 0.471. The molecular formula is C17H26N2O. The van der Waals surface area contributed by atoms with Crippen LogP contribution in [0, 0.1) is 5.92 Å². The third kappa shape index (κ3) is 4.72. The summed E-state index contributed by atoms with van der Waals surface area (Å²) in [6.07, 6.45) is 2.60. The van der Waals surface area contributed by atoms with E-state index in [4.69, 9.17) is 0 Å². The number of carbonyl (C=O) groups excluding carboxylic acids is 1. The monoisotopic (exact) mass is 274 g/mol. The molecule has 0 aliphatic heterocycles. The maximum atomic E-state index is 12.4. The second-order valence-electron chi connectivity index (χ2n) is 5.36. The van der Waals surface area contributed by atoms with E-state index in [-0.39, 0.29) is 12.1 Å². The molecule has 0 aliphatic carbocycles. The Bertz CT molecular complexity index is 414. The first-order chi connectivity index (χ1) is 9.60. The molecule has 1 unspecified atom stereocenters. The van der Waals surface area contributed by atoms with Crippen molar-refractivity contribution in [1.82, 2.24) is 10.2 Å². The quantitative estimate of drug-likeness (QED) is 0.749. The lowest BCUT2D eigenvalue weighted by Crippen LogP contribution is -2.44. The van der Waals surface area contributed by atoms with Crippen molar-refractivity contribution in [1.29, 1.82) is 0 Å². The zero-order chi connectivity index (χ0) is 15.0. The van der Waals surface area contributed by atoms with Crippen LogP contribution in [-0.4, -0.2) is 24.0 Å². The van der Waals surface area contributed by atoms with Gasteiger partial charge in [-0.25, -0.2) is 4.79 Å². The van der Waals surface area contributed by atoms with Crippen molar-refractivity contribution in [2.45, 2.75) is 33.2 Å². The maximum Gasteiger partial charge on any atom is 0.318 e. The van der Waals surface area contributed by atoms with Crippen molar-refractivity contribution >= 4 is 6.03 Å². The largest absolute Gasteiger partial charge is 0.335 e. The predicted molar refractivity (Wildman–Crippen MR) is 84.6 cm³/mol. The van der Waals surface area contributed by atoms with Crippen LogP contribution >= 0.6 is 0 Å². The number of hydrogen-bond donors (Lipinski definition) is 1. The van der Waals surface area contributed by atoms with Crippen molar-refractivity contribution in [3.63, 3.8) is 0 Å². The average molecular weight is 274 g/mol. The second-order valence-corrected chi connectivity index (χ2v) is 5.36. The molecule has 3 nitrogen and oxygen atoms in total. The van der Waals surface area contributed by atoms with Gasteiger partial charge in [0.05, 0.1) is 6.04 Å². The fourth-order valence-corrected chi connectivity index (χ4v) is 2.32. The third-order valence-corrected chi connectivity index (χ3v) is 3.17. The molecule has 0 aromatic heterocycles. The molecule has 0 saturated carbocycles. The number of nitrogens with zero attached hydrogens (tertiary/aromatic N) is 1.